The molecule has 1 aliphatic heterocycles. The first-order valence-corrected chi connectivity index (χ1v) is 7.30. The second-order valence-corrected chi connectivity index (χ2v) is 6.16. The highest BCUT2D eigenvalue weighted by atomic mass is 35.5. The molecule has 1 aromatic carbocycles. The van der Waals surface area contributed by atoms with Gasteiger partial charge in [0.15, 0.2) is 0 Å². The molecule has 0 saturated heterocycles. The van der Waals surface area contributed by atoms with E-state index in [0.717, 1.165) is 37.9 Å². The lowest BCUT2D eigenvalue weighted by atomic mass is 9.92. The van der Waals surface area contributed by atoms with E-state index in [1.807, 2.05) is 11.0 Å². The third-order valence-corrected chi connectivity index (χ3v) is 4.43. The molecular formula is C16H23ClN2O. The van der Waals surface area contributed by atoms with Crippen molar-refractivity contribution in [3.05, 3.63) is 29.8 Å². The highest BCUT2D eigenvalue weighted by Crippen LogP contribution is 2.33. The largest absolute Gasteiger partial charge is 0.328 e. The van der Waals surface area contributed by atoms with Crippen LogP contribution in [-0.4, -0.2) is 18.5 Å². The van der Waals surface area contributed by atoms with Crippen LogP contribution in [0.4, 0.5) is 5.69 Å². The number of para-hydroxylation sites is 1. The van der Waals surface area contributed by atoms with Gasteiger partial charge in [0.25, 0.3) is 0 Å². The van der Waals surface area contributed by atoms with Crippen LogP contribution in [0.3, 0.4) is 0 Å². The van der Waals surface area contributed by atoms with E-state index in [2.05, 4.69) is 25.1 Å². The summed E-state index contributed by atoms with van der Waals surface area (Å²) in [5.41, 5.74) is 8.36. The van der Waals surface area contributed by atoms with Crippen LogP contribution >= 0.6 is 12.4 Å². The number of benzene rings is 1. The molecule has 3 atom stereocenters. The third-order valence-electron chi connectivity index (χ3n) is 4.43. The minimum Gasteiger partial charge on any atom is -0.328 e. The Morgan fingerprint density at radius 1 is 1.30 bits per heavy atom. The number of hydrogen-bond acceptors (Lipinski definition) is 2. The molecule has 1 saturated carbocycles. The van der Waals surface area contributed by atoms with Gasteiger partial charge in [0.05, 0.1) is 0 Å². The van der Waals surface area contributed by atoms with Crippen molar-refractivity contribution in [2.45, 2.75) is 38.6 Å². The topological polar surface area (TPSA) is 46.3 Å². The van der Waals surface area contributed by atoms with Crippen molar-refractivity contribution in [1.82, 2.24) is 0 Å². The summed E-state index contributed by atoms with van der Waals surface area (Å²) in [7, 11) is 0. The van der Waals surface area contributed by atoms with Crippen LogP contribution in [0.5, 0.6) is 0 Å². The number of nitrogens with zero attached hydrogens (tertiary/aromatic N) is 1. The highest BCUT2D eigenvalue weighted by molar-refractivity contribution is 5.96. The number of nitrogens with two attached hydrogens (primary N) is 1. The standard InChI is InChI=1S/C16H22N2O.ClH/c1-11-8-12-4-2-3-5-15(12)18(10-11)16(19)13-6-7-14(17)9-13;/h2-5,11,13-14H,6-10,17H2,1H3;1H. The number of anilines is 1. The predicted molar refractivity (Wildman–Crippen MR) is 84.2 cm³/mol. The molecule has 4 heteroatoms. The molecular weight excluding hydrogens is 272 g/mol. The van der Waals surface area contributed by atoms with Gasteiger partial charge < -0.3 is 10.6 Å². The number of rotatable bonds is 1. The van der Waals surface area contributed by atoms with Gasteiger partial charge in [-0.15, -0.1) is 12.4 Å². The summed E-state index contributed by atoms with van der Waals surface area (Å²) in [6.07, 6.45) is 3.87. The Bertz CT molecular complexity index is 491. The number of hydrogen-bond donors (Lipinski definition) is 1. The van der Waals surface area contributed by atoms with Gasteiger partial charge in [0, 0.05) is 24.2 Å². The molecule has 1 aromatic rings. The van der Waals surface area contributed by atoms with Gasteiger partial charge >= 0.3 is 0 Å². The van der Waals surface area contributed by atoms with Crippen LogP contribution < -0.4 is 10.6 Å². The zero-order chi connectivity index (χ0) is 13.4. The van der Waals surface area contributed by atoms with Gasteiger partial charge in [-0.1, -0.05) is 25.1 Å². The van der Waals surface area contributed by atoms with Gasteiger partial charge in [-0.25, -0.2) is 0 Å². The Labute approximate surface area is 126 Å². The first-order chi connectivity index (χ1) is 9.15. The minimum atomic E-state index is 0. The van der Waals surface area contributed by atoms with Crippen molar-refractivity contribution in [2.24, 2.45) is 17.6 Å². The fraction of sp³-hybridized carbons (Fsp3) is 0.562. The van der Waals surface area contributed by atoms with Crippen LogP contribution in [0.25, 0.3) is 0 Å². The van der Waals surface area contributed by atoms with Crippen molar-refractivity contribution in [3.8, 4) is 0 Å². The van der Waals surface area contributed by atoms with Crippen LogP contribution in [0.1, 0.15) is 31.7 Å². The lowest BCUT2D eigenvalue weighted by molar-refractivity contribution is -0.122. The number of carbonyl (C=O) groups is 1. The molecule has 1 heterocycles. The number of amides is 1. The molecule has 0 aromatic heterocycles. The van der Waals surface area contributed by atoms with Gasteiger partial charge in [-0.2, -0.15) is 0 Å². The summed E-state index contributed by atoms with van der Waals surface area (Å²) in [6, 6.07) is 8.52. The van der Waals surface area contributed by atoms with Crippen LogP contribution in [-0.2, 0) is 11.2 Å². The predicted octanol–water partition coefficient (Wildman–Crippen LogP) is 2.76. The fourth-order valence-electron chi connectivity index (χ4n) is 3.47. The van der Waals surface area contributed by atoms with Crippen molar-refractivity contribution < 1.29 is 4.79 Å². The van der Waals surface area contributed by atoms with Gasteiger partial charge in [-0.05, 0) is 43.2 Å². The third kappa shape index (κ3) is 2.84. The lowest BCUT2D eigenvalue weighted by Gasteiger charge is -2.34. The molecule has 3 nitrogen and oxygen atoms in total. The van der Waals surface area contributed by atoms with E-state index in [-0.39, 0.29) is 30.3 Å². The molecule has 1 fully saturated rings. The first kappa shape index (κ1) is 15.3. The van der Waals surface area contributed by atoms with Crippen molar-refractivity contribution in [1.29, 1.82) is 0 Å². The zero-order valence-corrected chi connectivity index (χ0v) is 12.7. The molecule has 0 radical (unpaired) electrons. The molecule has 2 N–H and O–H groups in total. The molecule has 3 unspecified atom stereocenters. The Hall–Kier alpha value is -1.06. The Balaban J connectivity index is 0.00000147. The summed E-state index contributed by atoms with van der Waals surface area (Å²) in [6.45, 7) is 3.07. The second-order valence-electron chi connectivity index (χ2n) is 6.16. The molecule has 0 bridgehead atoms. The van der Waals surface area contributed by atoms with Crippen molar-refractivity contribution in [3.63, 3.8) is 0 Å². The zero-order valence-electron chi connectivity index (χ0n) is 11.9. The van der Waals surface area contributed by atoms with E-state index in [1.54, 1.807) is 0 Å². The molecule has 1 aliphatic carbocycles. The summed E-state index contributed by atoms with van der Waals surface area (Å²) in [4.78, 5) is 14.7. The first-order valence-electron chi connectivity index (χ1n) is 7.30. The SMILES string of the molecule is CC1Cc2ccccc2N(C(=O)C2CCC(N)C2)C1.Cl. The average Bonchev–Trinajstić information content (AvgIpc) is 2.83. The maximum absolute atomic E-state index is 12.7. The van der Waals surface area contributed by atoms with Crippen molar-refractivity contribution in [2.75, 3.05) is 11.4 Å². The molecule has 20 heavy (non-hydrogen) atoms. The van der Waals surface area contributed by atoms with Crippen LogP contribution in [0.2, 0.25) is 0 Å². The summed E-state index contributed by atoms with van der Waals surface area (Å²) in [5, 5.41) is 0. The molecule has 2 aliphatic rings. The minimum absolute atomic E-state index is 0. The van der Waals surface area contributed by atoms with Gasteiger partial charge in [0.2, 0.25) is 5.91 Å². The van der Waals surface area contributed by atoms with Crippen LogP contribution in [0.15, 0.2) is 24.3 Å². The van der Waals surface area contributed by atoms with E-state index < -0.39 is 0 Å². The Morgan fingerprint density at radius 2 is 2.05 bits per heavy atom. The molecule has 110 valence electrons. The molecule has 0 spiro atoms. The Kier molecular flexibility index (Phi) is 4.71. The van der Waals surface area contributed by atoms with E-state index >= 15 is 0 Å². The molecule has 1 amide bonds. The number of halogens is 1. The second kappa shape index (κ2) is 6.15. The Morgan fingerprint density at radius 3 is 2.75 bits per heavy atom. The van der Waals surface area contributed by atoms with E-state index in [9.17, 15) is 4.79 Å². The maximum atomic E-state index is 12.7. The normalized spacial score (nSPS) is 28.7. The number of carbonyl (C=O) groups excluding carboxylic acids is 1. The monoisotopic (exact) mass is 294 g/mol. The quantitative estimate of drug-likeness (QED) is 0.866. The average molecular weight is 295 g/mol. The van der Waals surface area contributed by atoms with Crippen molar-refractivity contribution >= 4 is 24.0 Å². The summed E-state index contributed by atoms with van der Waals surface area (Å²) >= 11 is 0. The fourth-order valence-corrected chi connectivity index (χ4v) is 3.47. The smallest absolute Gasteiger partial charge is 0.230 e. The van der Waals surface area contributed by atoms with E-state index in [1.165, 1.54) is 5.56 Å². The lowest BCUT2D eigenvalue weighted by Crippen LogP contribution is -2.42. The summed E-state index contributed by atoms with van der Waals surface area (Å²) in [5.74, 6) is 0.953. The van der Waals surface area contributed by atoms with E-state index in [0.29, 0.717) is 5.92 Å². The van der Waals surface area contributed by atoms with Crippen LogP contribution in [0, 0.1) is 11.8 Å². The summed E-state index contributed by atoms with van der Waals surface area (Å²) < 4.78 is 0. The highest BCUT2D eigenvalue weighted by Gasteiger charge is 2.34. The maximum Gasteiger partial charge on any atom is 0.230 e. The molecule has 3 rings (SSSR count). The van der Waals surface area contributed by atoms with Gasteiger partial charge in [0.1, 0.15) is 0 Å². The van der Waals surface area contributed by atoms with Gasteiger partial charge in [-0.3, -0.25) is 4.79 Å². The number of fused-ring (bicyclic) bond motifs is 1. The van der Waals surface area contributed by atoms with E-state index in [4.69, 9.17) is 5.73 Å².